The number of amides is 1. The van der Waals surface area contributed by atoms with Gasteiger partial charge in [-0.25, -0.2) is 9.18 Å². The van der Waals surface area contributed by atoms with Gasteiger partial charge in [0.25, 0.3) is 11.5 Å². The molecule has 5 rings (SSSR count). The van der Waals surface area contributed by atoms with Crippen molar-refractivity contribution in [3.05, 3.63) is 91.9 Å². The summed E-state index contributed by atoms with van der Waals surface area (Å²) in [6, 6.07) is 13.6. The molecule has 0 N–H and O–H groups in total. The SMILES string of the molecule is Cc1ccc(Cn2c(N3CCN(C(=O)c4ccc(F)cc4)CC3)nc3c2c(=O)n(C)c(=O)n3C)cc1. The largest absolute Gasteiger partial charge is 0.339 e. The molecule has 10 heteroatoms. The molecule has 2 aromatic heterocycles. The van der Waals surface area contributed by atoms with Crippen molar-refractivity contribution >= 4 is 23.0 Å². The molecule has 0 aliphatic carbocycles. The molecule has 1 aliphatic heterocycles. The minimum atomic E-state index is -0.436. The lowest BCUT2D eigenvalue weighted by Crippen LogP contribution is -2.49. The van der Waals surface area contributed by atoms with Gasteiger partial charge in [0.05, 0.1) is 6.54 Å². The summed E-state index contributed by atoms with van der Waals surface area (Å²) in [6.45, 7) is 4.31. The molecule has 36 heavy (non-hydrogen) atoms. The van der Waals surface area contributed by atoms with E-state index < -0.39 is 11.2 Å². The molecule has 3 heterocycles. The van der Waals surface area contributed by atoms with Crippen molar-refractivity contribution in [1.82, 2.24) is 23.6 Å². The van der Waals surface area contributed by atoms with Crippen molar-refractivity contribution < 1.29 is 9.18 Å². The molecule has 0 atom stereocenters. The highest BCUT2D eigenvalue weighted by atomic mass is 19.1. The number of imidazole rings is 1. The van der Waals surface area contributed by atoms with E-state index in [0.29, 0.717) is 55.4 Å². The third kappa shape index (κ3) is 4.08. The average molecular weight is 491 g/mol. The first-order chi connectivity index (χ1) is 17.2. The number of nitrogens with zero attached hydrogens (tertiary/aromatic N) is 6. The lowest BCUT2D eigenvalue weighted by molar-refractivity contribution is 0.0746. The molecule has 0 bridgehead atoms. The van der Waals surface area contributed by atoms with E-state index in [4.69, 9.17) is 4.98 Å². The van der Waals surface area contributed by atoms with Gasteiger partial charge in [-0.2, -0.15) is 4.98 Å². The van der Waals surface area contributed by atoms with E-state index in [0.717, 1.165) is 15.7 Å². The number of rotatable bonds is 4. The summed E-state index contributed by atoms with van der Waals surface area (Å²) in [5.74, 6) is 0.0428. The van der Waals surface area contributed by atoms with Gasteiger partial charge >= 0.3 is 5.69 Å². The molecule has 1 fully saturated rings. The van der Waals surface area contributed by atoms with Crippen LogP contribution in [0.2, 0.25) is 0 Å². The molecule has 4 aromatic rings. The topological polar surface area (TPSA) is 85.4 Å². The molecule has 0 unspecified atom stereocenters. The number of piperazine rings is 1. The van der Waals surface area contributed by atoms with Gasteiger partial charge in [0.15, 0.2) is 11.2 Å². The fourth-order valence-corrected chi connectivity index (χ4v) is 4.59. The summed E-state index contributed by atoms with van der Waals surface area (Å²) in [6.07, 6.45) is 0. The number of hydrogen-bond donors (Lipinski definition) is 0. The number of carbonyl (C=O) groups is 1. The number of hydrogen-bond acceptors (Lipinski definition) is 5. The number of aromatic nitrogens is 4. The van der Waals surface area contributed by atoms with Crippen LogP contribution < -0.4 is 16.1 Å². The minimum absolute atomic E-state index is 0.154. The van der Waals surface area contributed by atoms with Crippen molar-refractivity contribution in [2.45, 2.75) is 13.5 Å². The van der Waals surface area contributed by atoms with Crippen LogP contribution in [0.15, 0.2) is 58.1 Å². The molecule has 0 radical (unpaired) electrons. The van der Waals surface area contributed by atoms with Crippen LogP contribution in [0.4, 0.5) is 10.3 Å². The molecule has 186 valence electrons. The summed E-state index contributed by atoms with van der Waals surface area (Å²) in [4.78, 5) is 47.1. The number of aryl methyl sites for hydroxylation is 2. The van der Waals surface area contributed by atoms with E-state index in [1.807, 2.05) is 40.7 Å². The first-order valence-corrected chi connectivity index (χ1v) is 11.8. The number of carbonyl (C=O) groups excluding carboxylic acids is 1. The summed E-state index contributed by atoms with van der Waals surface area (Å²) >= 11 is 0. The van der Waals surface area contributed by atoms with E-state index in [9.17, 15) is 18.8 Å². The Morgan fingerprint density at radius 3 is 2.19 bits per heavy atom. The van der Waals surface area contributed by atoms with Gasteiger partial charge in [0, 0.05) is 45.8 Å². The Labute approximate surface area is 206 Å². The van der Waals surface area contributed by atoms with Crippen molar-refractivity contribution in [3.63, 3.8) is 0 Å². The molecule has 0 saturated carbocycles. The Hall–Kier alpha value is -4.21. The molecule has 1 aliphatic rings. The van der Waals surface area contributed by atoms with E-state index in [1.54, 1.807) is 11.9 Å². The van der Waals surface area contributed by atoms with E-state index >= 15 is 0 Å². The number of anilines is 1. The van der Waals surface area contributed by atoms with Gasteiger partial charge in [-0.15, -0.1) is 0 Å². The third-order valence-corrected chi connectivity index (χ3v) is 6.73. The predicted molar refractivity (Wildman–Crippen MR) is 135 cm³/mol. The second-order valence-corrected chi connectivity index (χ2v) is 9.15. The highest BCUT2D eigenvalue weighted by molar-refractivity contribution is 5.94. The third-order valence-electron chi connectivity index (χ3n) is 6.73. The summed E-state index contributed by atoms with van der Waals surface area (Å²) in [7, 11) is 3.07. The smallest absolute Gasteiger partial charge is 0.332 e. The monoisotopic (exact) mass is 490 g/mol. The van der Waals surface area contributed by atoms with Gasteiger partial charge in [-0.05, 0) is 36.8 Å². The molecule has 1 saturated heterocycles. The Bertz CT molecular complexity index is 1560. The van der Waals surface area contributed by atoms with Crippen LogP contribution in [0.5, 0.6) is 0 Å². The van der Waals surface area contributed by atoms with Crippen LogP contribution in [-0.2, 0) is 20.6 Å². The second kappa shape index (κ2) is 9.10. The first-order valence-electron chi connectivity index (χ1n) is 11.8. The fourth-order valence-electron chi connectivity index (χ4n) is 4.59. The number of fused-ring (bicyclic) bond motifs is 1. The van der Waals surface area contributed by atoms with E-state index in [-0.39, 0.29) is 11.7 Å². The Morgan fingerprint density at radius 1 is 0.917 bits per heavy atom. The maximum atomic E-state index is 13.3. The van der Waals surface area contributed by atoms with Crippen LogP contribution in [0.1, 0.15) is 21.5 Å². The Balaban J connectivity index is 1.50. The zero-order valence-corrected chi connectivity index (χ0v) is 20.4. The maximum Gasteiger partial charge on any atom is 0.332 e. The van der Waals surface area contributed by atoms with Crippen molar-refractivity contribution in [2.75, 3.05) is 31.1 Å². The van der Waals surface area contributed by atoms with E-state index in [1.165, 1.54) is 35.9 Å². The molecular formula is C26H27FN6O3. The van der Waals surface area contributed by atoms with Crippen LogP contribution in [0, 0.1) is 12.7 Å². The lowest BCUT2D eigenvalue weighted by atomic mass is 10.1. The zero-order chi connectivity index (χ0) is 25.6. The molecule has 9 nitrogen and oxygen atoms in total. The van der Waals surface area contributed by atoms with Crippen LogP contribution in [0.25, 0.3) is 11.2 Å². The normalized spacial score (nSPS) is 14.0. The van der Waals surface area contributed by atoms with Gasteiger partial charge < -0.3 is 9.80 Å². The van der Waals surface area contributed by atoms with Gasteiger partial charge in [-0.3, -0.25) is 23.3 Å². The Kier molecular flexibility index (Phi) is 5.95. The Morgan fingerprint density at radius 2 is 1.56 bits per heavy atom. The van der Waals surface area contributed by atoms with Crippen molar-refractivity contribution in [2.24, 2.45) is 14.1 Å². The fraction of sp³-hybridized carbons (Fsp3) is 0.308. The zero-order valence-electron chi connectivity index (χ0n) is 20.4. The van der Waals surface area contributed by atoms with Crippen molar-refractivity contribution in [3.8, 4) is 0 Å². The van der Waals surface area contributed by atoms with Gasteiger partial charge in [0.1, 0.15) is 5.82 Å². The van der Waals surface area contributed by atoms with Crippen LogP contribution in [0.3, 0.4) is 0 Å². The predicted octanol–water partition coefficient (Wildman–Crippen LogP) is 1.89. The van der Waals surface area contributed by atoms with Crippen LogP contribution in [-0.4, -0.2) is 55.7 Å². The van der Waals surface area contributed by atoms with Crippen molar-refractivity contribution in [1.29, 1.82) is 0 Å². The molecule has 1 amide bonds. The van der Waals surface area contributed by atoms with Crippen LogP contribution >= 0.6 is 0 Å². The quantitative estimate of drug-likeness (QED) is 0.436. The van der Waals surface area contributed by atoms with Gasteiger partial charge in [0.2, 0.25) is 5.95 Å². The van der Waals surface area contributed by atoms with Gasteiger partial charge in [-0.1, -0.05) is 29.8 Å². The minimum Gasteiger partial charge on any atom is -0.339 e. The second-order valence-electron chi connectivity index (χ2n) is 9.15. The maximum absolute atomic E-state index is 13.3. The van der Waals surface area contributed by atoms with E-state index in [2.05, 4.69) is 0 Å². The summed E-state index contributed by atoms with van der Waals surface area (Å²) in [5, 5.41) is 0. The number of benzene rings is 2. The highest BCUT2D eigenvalue weighted by Gasteiger charge is 2.27. The first kappa shape index (κ1) is 23.5. The highest BCUT2D eigenvalue weighted by Crippen LogP contribution is 2.23. The summed E-state index contributed by atoms with van der Waals surface area (Å²) in [5.41, 5.74) is 2.43. The average Bonchev–Trinajstić information content (AvgIpc) is 3.27. The molecule has 2 aromatic carbocycles. The molecule has 0 spiro atoms. The standard InChI is InChI=1S/C26H27FN6O3/c1-17-4-6-18(7-5-17)16-33-21-22(29(2)26(36)30(3)24(21)35)28-25(33)32-14-12-31(13-15-32)23(34)19-8-10-20(27)11-9-19/h4-11H,12-16H2,1-3H3. The summed E-state index contributed by atoms with van der Waals surface area (Å²) < 4.78 is 17.6. The molecular weight excluding hydrogens is 463 g/mol. The number of halogens is 1. The lowest BCUT2D eigenvalue weighted by Gasteiger charge is -2.35.